The van der Waals surface area contributed by atoms with E-state index in [-0.39, 0.29) is 30.0 Å². The number of aromatic nitrogens is 2. The fourth-order valence-corrected chi connectivity index (χ4v) is 3.04. The van der Waals surface area contributed by atoms with Crippen molar-refractivity contribution in [1.29, 1.82) is 0 Å². The summed E-state index contributed by atoms with van der Waals surface area (Å²) < 4.78 is 18.0. The van der Waals surface area contributed by atoms with Crippen molar-refractivity contribution in [1.82, 2.24) is 10.2 Å². The third kappa shape index (κ3) is 4.10. The van der Waals surface area contributed by atoms with Crippen LogP contribution < -0.4 is 5.32 Å². The Kier molecular flexibility index (Phi) is 5.27. The molecule has 1 aromatic heterocycles. The van der Waals surface area contributed by atoms with Crippen LogP contribution in [0.15, 0.2) is 33.6 Å². The molecule has 1 amide bonds. The first-order valence-corrected chi connectivity index (χ1v) is 8.51. The molecule has 7 heteroatoms. The molecule has 1 aliphatic carbocycles. The van der Waals surface area contributed by atoms with Gasteiger partial charge in [-0.15, -0.1) is 5.10 Å². The van der Waals surface area contributed by atoms with Gasteiger partial charge in [0.1, 0.15) is 0 Å². The molecule has 1 aromatic carbocycles. The summed E-state index contributed by atoms with van der Waals surface area (Å²) in [6.45, 7) is 0. The zero-order valence-corrected chi connectivity index (χ0v) is 13.4. The van der Waals surface area contributed by atoms with Gasteiger partial charge in [0, 0.05) is 16.4 Å². The molecule has 23 heavy (non-hydrogen) atoms. The maximum Gasteiger partial charge on any atom is 0.322 e. The molecule has 5 nitrogen and oxygen atoms in total. The quantitative estimate of drug-likeness (QED) is 0.818. The third-order valence-electron chi connectivity index (χ3n) is 4.07. The van der Waals surface area contributed by atoms with E-state index in [1.165, 1.54) is 25.7 Å². The number of carbonyl (C=O) groups is 1. The molecule has 1 aliphatic rings. The van der Waals surface area contributed by atoms with Crippen molar-refractivity contribution >= 4 is 24.1 Å². The second kappa shape index (κ2) is 7.59. The summed E-state index contributed by atoms with van der Waals surface area (Å²) in [4.78, 5) is 12.6. The second-order valence-corrected chi connectivity index (χ2v) is 6.32. The summed E-state index contributed by atoms with van der Waals surface area (Å²) in [6.07, 6.45) is 6.96. The predicted molar refractivity (Wildman–Crippen MR) is 86.1 cm³/mol. The molecular formula is C16H18FN3O2S. The largest absolute Gasteiger partial charge is 0.408 e. The average molecular weight is 335 g/mol. The number of carbonyl (C=O) groups excluding carboxylic acids is 1. The summed E-state index contributed by atoms with van der Waals surface area (Å²) in [7, 11) is 0. The minimum absolute atomic E-state index is 0.109. The Morgan fingerprint density at radius 2 is 1.83 bits per heavy atom. The normalized spacial score (nSPS) is 16.0. The molecule has 1 saturated carbocycles. The summed E-state index contributed by atoms with van der Waals surface area (Å²) in [5.41, 5.74) is 0.414. The Morgan fingerprint density at radius 1 is 1.13 bits per heavy atom. The van der Waals surface area contributed by atoms with Gasteiger partial charge < -0.3 is 4.42 Å². The van der Waals surface area contributed by atoms with Crippen LogP contribution in [0.1, 0.15) is 60.7 Å². The van der Waals surface area contributed by atoms with E-state index in [1.54, 1.807) is 24.3 Å². The van der Waals surface area contributed by atoms with E-state index in [4.69, 9.17) is 4.42 Å². The lowest BCUT2D eigenvalue weighted by atomic mass is 10.0. The maximum absolute atomic E-state index is 12.4. The lowest BCUT2D eigenvalue weighted by Gasteiger charge is -2.07. The first-order chi connectivity index (χ1) is 11.3. The SMILES string of the molecule is O=C(Nc1nnc(C2CCCCCC2)o1)c1ccc(SF)cc1. The van der Waals surface area contributed by atoms with Gasteiger partial charge in [-0.25, -0.2) is 0 Å². The fourth-order valence-electron chi connectivity index (χ4n) is 2.80. The van der Waals surface area contributed by atoms with Crippen LogP contribution in [0.2, 0.25) is 0 Å². The highest BCUT2D eigenvalue weighted by Crippen LogP contribution is 2.31. The summed E-state index contributed by atoms with van der Waals surface area (Å²) in [5.74, 6) is 0.541. The van der Waals surface area contributed by atoms with E-state index in [0.29, 0.717) is 16.3 Å². The molecule has 0 aliphatic heterocycles. The van der Waals surface area contributed by atoms with Crippen molar-refractivity contribution in [2.24, 2.45) is 0 Å². The van der Waals surface area contributed by atoms with Crippen LogP contribution in [0, 0.1) is 0 Å². The molecule has 1 heterocycles. The lowest BCUT2D eigenvalue weighted by Crippen LogP contribution is -2.11. The average Bonchev–Trinajstić information content (AvgIpc) is 2.87. The summed E-state index contributed by atoms with van der Waals surface area (Å²) in [6, 6.07) is 6.31. The number of rotatable bonds is 4. The summed E-state index contributed by atoms with van der Waals surface area (Å²) >= 11 is 0.141. The Bertz CT molecular complexity index is 652. The van der Waals surface area contributed by atoms with Gasteiger partial charge in [-0.2, -0.15) is 3.89 Å². The minimum Gasteiger partial charge on any atom is -0.408 e. The molecule has 0 saturated heterocycles. The van der Waals surface area contributed by atoms with Crippen LogP contribution in [-0.4, -0.2) is 16.1 Å². The van der Waals surface area contributed by atoms with Gasteiger partial charge in [0.2, 0.25) is 5.89 Å². The molecule has 0 radical (unpaired) electrons. The second-order valence-electron chi connectivity index (χ2n) is 5.69. The van der Waals surface area contributed by atoms with Gasteiger partial charge in [0.15, 0.2) is 0 Å². The van der Waals surface area contributed by atoms with Crippen molar-refractivity contribution in [2.45, 2.75) is 49.3 Å². The summed E-state index contributed by atoms with van der Waals surface area (Å²) in [5, 5.41) is 10.6. The predicted octanol–water partition coefficient (Wildman–Crippen LogP) is 4.74. The highest BCUT2D eigenvalue weighted by Gasteiger charge is 2.21. The molecule has 1 N–H and O–H groups in total. The zero-order chi connectivity index (χ0) is 16.1. The van der Waals surface area contributed by atoms with Crippen LogP contribution >= 0.6 is 12.1 Å². The van der Waals surface area contributed by atoms with E-state index in [1.807, 2.05) is 0 Å². The highest BCUT2D eigenvalue weighted by molar-refractivity contribution is 7.94. The molecule has 0 unspecified atom stereocenters. The Hall–Kier alpha value is -1.89. The van der Waals surface area contributed by atoms with Crippen molar-refractivity contribution in [3.8, 4) is 0 Å². The van der Waals surface area contributed by atoms with Gasteiger partial charge in [0.25, 0.3) is 5.91 Å². The van der Waals surface area contributed by atoms with Crippen LogP contribution in [0.4, 0.5) is 9.90 Å². The van der Waals surface area contributed by atoms with Crippen molar-refractivity contribution in [2.75, 3.05) is 5.32 Å². The monoisotopic (exact) mass is 335 g/mol. The Balaban J connectivity index is 1.64. The van der Waals surface area contributed by atoms with Crippen molar-refractivity contribution < 1.29 is 13.1 Å². The number of hydrogen-bond acceptors (Lipinski definition) is 5. The first kappa shape index (κ1) is 16.0. The number of nitrogens with zero attached hydrogens (tertiary/aromatic N) is 2. The number of amides is 1. The molecule has 3 rings (SSSR count). The van der Waals surface area contributed by atoms with Crippen molar-refractivity contribution in [3.05, 3.63) is 35.7 Å². The lowest BCUT2D eigenvalue weighted by molar-refractivity contribution is 0.102. The smallest absolute Gasteiger partial charge is 0.322 e. The first-order valence-electron chi connectivity index (χ1n) is 7.79. The Labute approximate surface area is 138 Å². The molecule has 0 spiro atoms. The topological polar surface area (TPSA) is 68.0 Å². The van der Waals surface area contributed by atoms with E-state index < -0.39 is 0 Å². The van der Waals surface area contributed by atoms with Crippen LogP contribution in [0.3, 0.4) is 0 Å². The van der Waals surface area contributed by atoms with E-state index in [0.717, 1.165) is 12.8 Å². The standard InChI is InChI=1S/C16H18FN3O2S/c17-23-13-9-7-11(8-10-13)14(21)18-16-20-19-15(22-16)12-5-3-1-2-4-6-12/h7-10,12H,1-6H2,(H,18,20,21). The Morgan fingerprint density at radius 3 is 2.48 bits per heavy atom. The van der Waals surface area contributed by atoms with E-state index in [9.17, 15) is 8.68 Å². The molecular weight excluding hydrogens is 317 g/mol. The molecule has 2 aromatic rings. The van der Waals surface area contributed by atoms with Crippen LogP contribution in [-0.2, 0) is 0 Å². The molecule has 0 atom stereocenters. The fraction of sp³-hybridized carbons (Fsp3) is 0.438. The minimum atomic E-state index is -0.350. The van der Waals surface area contributed by atoms with Gasteiger partial charge in [0.05, 0.1) is 12.1 Å². The molecule has 0 bridgehead atoms. The van der Waals surface area contributed by atoms with Crippen LogP contribution in [0.25, 0.3) is 0 Å². The third-order valence-corrected chi connectivity index (χ3v) is 4.52. The van der Waals surface area contributed by atoms with Gasteiger partial charge >= 0.3 is 6.01 Å². The van der Waals surface area contributed by atoms with Gasteiger partial charge in [-0.05, 0) is 37.1 Å². The van der Waals surface area contributed by atoms with E-state index >= 15 is 0 Å². The van der Waals surface area contributed by atoms with Gasteiger partial charge in [-0.3, -0.25) is 10.1 Å². The number of hydrogen-bond donors (Lipinski definition) is 1. The van der Waals surface area contributed by atoms with Crippen LogP contribution in [0.5, 0.6) is 0 Å². The zero-order valence-electron chi connectivity index (χ0n) is 12.6. The molecule has 1 fully saturated rings. The number of anilines is 1. The highest BCUT2D eigenvalue weighted by atomic mass is 32.2. The maximum atomic E-state index is 12.4. The van der Waals surface area contributed by atoms with Gasteiger partial charge in [-0.1, -0.05) is 30.8 Å². The number of benzene rings is 1. The van der Waals surface area contributed by atoms with E-state index in [2.05, 4.69) is 15.5 Å². The van der Waals surface area contributed by atoms with Crippen molar-refractivity contribution in [3.63, 3.8) is 0 Å². The number of nitrogens with one attached hydrogen (secondary N) is 1. The molecule has 122 valence electrons. The number of halogens is 1.